The number of nitrogens with one attached hydrogen (secondary N) is 1. The predicted octanol–water partition coefficient (Wildman–Crippen LogP) is 2.35. The molecule has 24 heavy (non-hydrogen) atoms. The van der Waals surface area contributed by atoms with Gasteiger partial charge in [0.2, 0.25) is 0 Å². The summed E-state index contributed by atoms with van der Waals surface area (Å²) in [5, 5.41) is 7.60. The van der Waals surface area contributed by atoms with Crippen molar-refractivity contribution in [2.45, 2.75) is 18.8 Å². The number of hydrogen-bond donors (Lipinski definition) is 2. The summed E-state index contributed by atoms with van der Waals surface area (Å²) in [6.07, 6.45) is 3.72. The molecule has 3 N–H and O–H groups in total. The number of nitrogens with two attached hydrogens (primary N) is 1. The summed E-state index contributed by atoms with van der Waals surface area (Å²) in [5.74, 6) is 7.79. The molecule has 1 fully saturated rings. The molecule has 0 amide bonds. The zero-order chi connectivity index (χ0) is 16.1. The summed E-state index contributed by atoms with van der Waals surface area (Å²) in [6.45, 7) is 0. The SMILES string of the molecule is Nc1ncnc2[nH]nc(C#Cc3ccc4oc(C5CC5)nc4c3)c12. The molecule has 7 heteroatoms. The lowest BCUT2D eigenvalue weighted by Gasteiger charge is -1.92. The van der Waals surface area contributed by atoms with Crippen LogP contribution in [-0.4, -0.2) is 25.1 Å². The number of nitrogen functional groups attached to an aromatic ring is 1. The summed E-state index contributed by atoms with van der Waals surface area (Å²) in [7, 11) is 0. The molecule has 0 saturated heterocycles. The molecule has 5 rings (SSSR count). The molecule has 0 bridgehead atoms. The molecular formula is C17H12N6O. The Labute approximate surface area is 136 Å². The van der Waals surface area contributed by atoms with Gasteiger partial charge in [-0.1, -0.05) is 5.92 Å². The van der Waals surface area contributed by atoms with E-state index in [1.807, 2.05) is 18.2 Å². The standard InChI is InChI=1S/C17H12N6O/c18-15-14-11(22-23-16(14)20-8-19-15)5-1-9-2-6-13-12(7-9)21-17(24-13)10-3-4-10/h2,6-8,10H,3-4H2,(H3,18,19,20,22,23). The van der Waals surface area contributed by atoms with E-state index in [1.54, 1.807) is 0 Å². The van der Waals surface area contributed by atoms with E-state index in [2.05, 4.69) is 37.0 Å². The Balaban J connectivity index is 1.55. The van der Waals surface area contributed by atoms with Crippen LogP contribution in [-0.2, 0) is 0 Å². The first-order valence-corrected chi connectivity index (χ1v) is 7.65. The number of H-pyrrole nitrogens is 1. The predicted molar refractivity (Wildman–Crippen MR) is 88.1 cm³/mol. The third-order valence-electron chi connectivity index (χ3n) is 4.04. The van der Waals surface area contributed by atoms with E-state index in [9.17, 15) is 0 Å². The van der Waals surface area contributed by atoms with Crippen LogP contribution >= 0.6 is 0 Å². The van der Waals surface area contributed by atoms with Crippen LogP contribution in [0.4, 0.5) is 5.82 Å². The number of aromatic amines is 1. The van der Waals surface area contributed by atoms with Gasteiger partial charge >= 0.3 is 0 Å². The fourth-order valence-corrected chi connectivity index (χ4v) is 2.63. The van der Waals surface area contributed by atoms with Gasteiger partial charge in [-0.15, -0.1) is 0 Å². The average Bonchev–Trinajstić information content (AvgIpc) is 3.22. The average molecular weight is 316 g/mol. The Hall–Kier alpha value is -3.40. The highest BCUT2D eigenvalue weighted by Crippen LogP contribution is 2.40. The first-order valence-electron chi connectivity index (χ1n) is 7.65. The first-order chi connectivity index (χ1) is 11.8. The van der Waals surface area contributed by atoms with Crippen LogP contribution in [0.2, 0.25) is 0 Å². The fourth-order valence-electron chi connectivity index (χ4n) is 2.63. The lowest BCUT2D eigenvalue weighted by Crippen LogP contribution is -1.92. The molecule has 0 aliphatic heterocycles. The fraction of sp³-hybridized carbons (Fsp3) is 0.176. The minimum Gasteiger partial charge on any atom is -0.440 e. The van der Waals surface area contributed by atoms with Crippen LogP contribution in [0, 0.1) is 11.8 Å². The third kappa shape index (κ3) is 2.08. The van der Waals surface area contributed by atoms with E-state index in [0.717, 1.165) is 35.4 Å². The van der Waals surface area contributed by atoms with Gasteiger partial charge in [0.1, 0.15) is 23.4 Å². The lowest BCUT2D eigenvalue weighted by atomic mass is 10.2. The van der Waals surface area contributed by atoms with Crippen molar-refractivity contribution in [1.29, 1.82) is 0 Å². The van der Waals surface area contributed by atoms with Gasteiger partial charge in [-0.05, 0) is 37.0 Å². The highest BCUT2D eigenvalue weighted by molar-refractivity contribution is 5.90. The smallest absolute Gasteiger partial charge is 0.198 e. The summed E-state index contributed by atoms with van der Waals surface area (Å²) < 4.78 is 5.76. The molecule has 0 radical (unpaired) electrons. The number of oxazole rings is 1. The van der Waals surface area contributed by atoms with Crippen molar-refractivity contribution in [3.05, 3.63) is 41.7 Å². The van der Waals surface area contributed by atoms with E-state index >= 15 is 0 Å². The Kier molecular flexibility index (Phi) is 2.61. The highest BCUT2D eigenvalue weighted by atomic mass is 16.3. The number of aromatic nitrogens is 5. The molecule has 7 nitrogen and oxygen atoms in total. The molecule has 1 aliphatic rings. The zero-order valence-corrected chi connectivity index (χ0v) is 12.6. The van der Waals surface area contributed by atoms with Crippen LogP contribution in [0.3, 0.4) is 0 Å². The van der Waals surface area contributed by atoms with Crippen molar-refractivity contribution >= 4 is 28.0 Å². The number of hydrogen-bond acceptors (Lipinski definition) is 6. The van der Waals surface area contributed by atoms with E-state index in [1.165, 1.54) is 6.33 Å². The van der Waals surface area contributed by atoms with Gasteiger partial charge in [0, 0.05) is 11.5 Å². The first kappa shape index (κ1) is 13.1. The molecule has 116 valence electrons. The van der Waals surface area contributed by atoms with Crippen molar-refractivity contribution in [2.75, 3.05) is 5.73 Å². The Morgan fingerprint density at radius 3 is 3.00 bits per heavy atom. The lowest BCUT2D eigenvalue weighted by molar-refractivity contribution is 0.533. The molecule has 1 aliphatic carbocycles. The second kappa shape index (κ2) is 4.80. The van der Waals surface area contributed by atoms with Gasteiger partial charge in [-0.2, -0.15) is 5.10 Å². The van der Waals surface area contributed by atoms with Gasteiger partial charge in [0.15, 0.2) is 17.1 Å². The maximum Gasteiger partial charge on any atom is 0.198 e. The summed E-state index contributed by atoms with van der Waals surface area (Å²) in [6, 6.07) is 5.73. The van der Waals surface area contributed by atoms with Crippen LogP contribution in [0.5, 0.6) is 0 Å². The zero-order valence-electron chi connectivity index (χ0n) is 12.6. The monoisotopic (exact) mass is 316 g/mol. The largest absolute Gasteiger partial charge is 0.440 e. The maximum atomic E-state index is 5.88. The van der Waals surface area contributed by atoms with Gasteiger partial charge in [-0.25, -0.2) is 15.0 Å². The van der Waals surface area contributed by atoms with Crippen molar-refractivity contribution in [1.82, 2.24) is 25.1 Å². The van der Waals surface area contributed by atoms with Crippen LogP contribution in [0.15, 0.2) is 28.9 Å². The highest BCUT2D eigenvalue weighted by Gasteiger charge is 2.28. The molecule has 0 atom stereocenters. The number of rotatable bonds is 1. The number of nitrogens with zero attached hydrogens (tertiary/aromatic N) is 4. The van der Waals surface area contributed by atoms with Crippen molar-refractivity contribution in [3.63, 3.8) is 0 Å². The minimum absolute atomic E-state index is 0.360. The van der Waals surface area contributed by atoms with Crippen LogP contribution < -0.4 is 5.73 Å². The normalized spacial score (nSPS) is 14.0. The van der Waals surface area contributed by atoms with E-state index in [-0.39, 0.29) is 0 Å². The van der Waals surface area contributed by atoms with Gasteiger partial charge in [0.25, 0.3) is 0 Å². The van der Waals surface area contributed by atoms with Gasteiger partial charge < -0.3 is 10.2 Å². The summed E-state index contributed by atoms with van der Waals surface area (Å²) in [5.41, 5.74) is 9.45. The number of anilines is 1. The second-order valence-electron chi connectivity index (χ2n) is 5.81. The third-order valence-corrected chi connectivity index (χ3v) is 4.04. The van der Waals surface area contributed by atoms with Crippen molar-refractivity contribution < 1.29 is 4.42 Å². The molecule has 3 aromatic heterocycles. The van der Waals surface area contributed by atoms with E-state index in [4.69, 9.17) is 10.2 Å². The maximum absolute atomic E-state index is 5.88. The molecule has 1 saturated carbocycles. The van der Waals surface area contributed by atoms with Gasteiger partial charge in [0.05, 0.1) is 5.39 Å². The summed E-state index contributed by atoms with van der Waals surface area (Å²) >= 11 is 0. The van der Waals surface area contributed by atoms with Crippen molar-refractivity contribution in [3.8, 4) is 11.8 Å². The summed E-state index contributed by atoms with van der Waals surface area (Å²) in [4.78, 5) is 12.6. The van der Waals surface area contributed by atoms with Gasteiger partial charge in [-0.3, -0.25) is 5.10 Å². The van der Waals surface area contributed by atoms with E-state index < -0.39 is 0 Å². The number of benzene rings is 1. The molecular weight excluding hydrogens is 304 g/mol. The van der Waals surface area contributed by atoms with Crippen molar-refractivity contribution in [2.24, 2.45) is 0 Å². The number of fused-ring (bicyclic) bond motifs is 2. The topological polar surface area (TPSA) is 107 Å². The Bertz CT molecular complexity index is 1140. The molecule has 0 spiro atoms. The molecule has 3 heterocycles. The minimum atomic E-state index is 0.360. The molecule has 0 unspecified atom stereocenters. The quantitative estimate of drug-likeness (QED) is 0.522. The van der Waals surface area contributed by atoms with E-state index in [0.29, 0.717) is 28.5 Å². The van der Waals surface area contributed by atoms with Crippen LogP contribution in [0.1, 0.15) is 35.9 Å². The van der Waals surface area contributed by atoms with Crippen LogP contribution in [0.25, 0.3) is 22.1 Å². The Morgan fingerprint density at radius 1 is 1.21 bits per heavy atom. The second-order valence-corrected chi connectivity index (χ2v) is 5.81. The molecule has 4 aromatic rings. The molecule has 1 aromatic carbocycles. The Morgan fingerprint density at radius 2 is 2.12 bits per heavy atom.